The predicted molar refractivity (Wildman–Crippen MR) is 169 cm³/mol. The van der Waals surface area contributed by atoms with E-state index in [1.54, 1.807) is 6.07 Å². The minimum atomic E-state index is -4.22. The molecule has 46 heavy (non-hydrogen) atoms. The maximum Gasteiger partial charge on any atom is 0.273 e. The quantitative estimate of drug-likeness (QED) is 0.259. The SMILES string of the molecule is CN(CCN1CCOCC1)c1cccc(C(=O)Nn2ncc3cc(S(=O)(=O)c4cc(F)cc(F)c4)ccc32)c1NC1CCCCO1. The second-order valence-electron chi connectivity index (χ2n) is 11.4. The number of benzene rings is 3. The number of amides is 1. The summed E-state index contributed by atoms with van der Waals surface area (Å²) in [5.41, 5.74) is 5.12. The zero-order chi connectivity index (χ0) is 32.3. The maximum atomic E-state index is 13.8. The molecule has 11 nitrogen and oxygen atoms in total. The van der Waals surface area contributed by atoms with Crippen molar-refractivity contribution in [3.8, 4) is 0 Å². The number of anilines is 2. The smallest absolute Gasteiger partial charge is 0.273 e. The minimum absolute atomic E-state index is 0.164. The van der Waals surface area contributed by atoms with E-state index in [0.29, 0.717) is 34.8 Å². The normalized spacial score (nSPS) is 17.6. The van der Waals surface area contributed by atoms with Crippen LogP contribution in [0.25, 0.3) is 10.9 Å². The van der Waals surface area contributed by atoms with Gasteiger partial charge in [-0.2, -0.15) is 9.89 Å². The number of nitrogens with zero attached hydrogens (tertiary/aromatic N) is 4. The Kier molecular flexibility index (Phi) is 9.49. The third-order valence-electron chi connectivity index (χ3n) is 8.24. The molecular weight excluding hydrogens is 618 g/mol. The highest BCUT2D eigenvalue weighted by atomic mass is 32.2. The van der Waals surface area contributed by atoms with Crippen LogP contribution in [0.2, 0.25) is 0 Å². The number of likely N-dealkylation sites (N-methyl/N-ethyl adjacent to an activating group) is 1. The molecule has 1 amide bonds. The summed E-state index contributed by atoms with van der Waals surface area (Å²) in [7, 11) is -2.22. The Labute approximate surface area is 266 Å². The number of fused-ring (bicyclic) bond motifs is 1. The summed E-state index contributed by atoms with van der Waals surface area (Å²) in [4.78, 5) is 18.9. The number of hydrogen-bond donors (Lipinski definition) is 2. The lowest BCUT2D eigenvalue weighted by molar-refractivity contribution is 0.0343. The van der Waals surface area contributed by atoms with Crippen molar-refractivity contribution in [1.82, 2.24) is 14.8 Å². The summed E-state index contributed by atoms with van der Waals surface area (Å²) in [6, 6.07) is 11.8. The van der Waals surface area contributed by atoms with Gasteiger partial charge < -0.3 is 19.7 Å². The average Bonchev–Trinajstić information content (AvgIpc) is 3.46. The average molecular weight is 655 g/mol. The maximum absolute atomic E-state index is 13.8. The molecule has 0 bridgehead atoms. The van der Waals surface area contributed by atoms with Crippen LogP contribution in [0, 0.1) is 11.6 Å². The molecule has 2 N–H and O–H groups in total. The van der Waals surface area contributed by atoms with Crippen LogP contribution in [0.3, 0.4) is 0 Å². The lowest BCUT2D eigenvalue weighted by atomic mass is 10.1. The highest BCUT2D eigenvalue weighted by molar-refractivity contribution is 7.91. The van der Waals surface area contributed by atoms with Crippen LogP contribution in [-0.4, -0.2) is 88.4 Å². The lowest BCUT2D eigenvalue weighted by Gasteiger charge is -2.32. The van der Waals surface area contributed by atoms with Crippen molar-refractivity contribution in [3.05, 3.63) is 78.0 Å². The number of sulfone groups is 1. The predicted octanol–water partition coefficient (Wildman–Crippen LogP) is 4.24. The van der Waals surface area contributed by atoms with Gasteiger partial charge in [0.15, 0.2) is 0 Å². The largest absolute Gasteiger partial charge is 0.379 e. The van der Waals surface area contributed by atoms with Crippen LogP contribution in [0.1, 0.15) is 29.6 Å². The fourth-order valence-electron chi connectivity index (χ4n) is 5.69. The van der Waals surface area contributed by atoms with Gasteiger partial charge in [-0.15, -0.1) is 0 Å². The van der Waals surface area contributed by atoms with E-state index in [1.165, 1.54) is 29.2 Å². The Morgan fingerprint density at radius 1 is 1.02 bits per heavy atom. The van der Waals surface area contributed by atoms with Gasteiger partial charge in [0.2, 0.25) is 9.84 Å². The van der Waals surface area contributed by atoms with Crippen molar-refractivity contribution < 1.29 is 31.5 Å². The summed E-state index contributed by atoms with van der Waals surface area (Å²) in [5.74, 6) is -2.42. The van der Waals surface area contributed by atoms with Gasteiger partial charge in [0.25, 0.3) is 5.91 Å². The van der Waals surface area contributed by atoms with E-state index < -0.39 is 32.3 Å². The van der Waals surface area contributed by atoms with E-state index >= 15 is 0 Å². The first-order valence-electron chi connectivity index (χ1n) is 15.2. The van der Waals surface area contributed by atoms with E-state index in [-0.39, 0.29) is 11.1 Å². The number of rotatable bonds is 10. The standard InChI is InChI=1S/C32H36F2N6O5S/c1-38(10-11-39-12-15-44-16-13-39)29-6-4-5-27(31(29)36-30-7-2-3-14-45-30)32(41)37-40-28-9-8-25(17-22(28)21-35-40)46(42,43)26-19-23(33)18-24(34)20-26/h4-6,8-9,17-21,30,36H,2-3,7,10-16H2,1H3,(H,37,41). The number of morpholine rings is 1. The highest BCUT2D eigenvalue weighted by Crippen LogP contribution is 2.32. The summed E-state index contributed by atoms with van der Waals surface area (Å²) in [6.07, 6.45) is 3.97. The van der Waals surface area contributed by atoms with E-state index in [4.69, 9.17) is 9.47 Å². The third-order valence-corrected chi connectivity index (χ3v) is 9.97. The molecule has 244 valence electrons. The zero-order valence-electron chi connectivity index (χ0n) is 25.4. The Bertz CT molecular complexity index is 1800. The Hall–Kier alpha value is -4.11. The van der Waals surface area contributed by atoms with Crippen LogP contribution in [-0.2, 0) is 19.3 Å². The first-order valence-corrected chi connectivity index (χ1v) is 16.7. The molecule has 4 aromatic rings. The van der Waals surface area contributed by atoms with Gasteiger partial charge in [-0.1, -0.05) is 6.07 Å². The monoisotopic (exact) mass is 654 g/mol. The van der Waals surface area contributed by atoms with E-state index in [9.17, 15) is 22.0 Å². The summed E-state index contributed by atoms with van der Waals surface area (Å²) in [6.45, 7) is 5.43. The first kappa shape index (κ1) is 31.9. The Balaban J connectivity index is 1.26. The van der Waals surface area contributed by atoms with Crippen LogP contribution >= 0.6 is 0 Å². The van der Waals surface area contributed by atoms with E-state index in [1.807, 2.05) is 19.2 Å². The van der Waals surface area contributed by atoms with Crippen molar-refractivity contribution in [2.24, 2.45) is 0 Å². The van der Waals surface area contributed by atoms with Gasteiger partial charge in [-0.3, -0.25) is 9.69 Å². The summed E-state index contributed by atoms with van der Waals surface area (Å²) >= 11 is 0. The van der Waals surface area contributed by atoms with Gasteiger partial charge in [-0.25, -0.2) is 22.6 Å². The van der Waals surface area contributed by atoms with Gasteiger partial charge in [0.1, 0.15) is 17.9 Å². The molecule has 2 aliphatic rings. The molecule has 2 fully saturated rings. The van der Waals surface area contributed by atoms with E-state index in [0.717, 1.165) is 76.5 Å². The van der Waals surface area contributed by atoms with Crippen LogP contribution < -0.4 is 15.6 Å². The zero-order valence-corrected chi connectivity index (χ0v) is 26.2. The summed E-state index contributed by atoms with van der Waals surface area (Å²) in [5, 5.41) is 8.15. The molecule has 2 saturated heterocycles. The molecule has 2 aliphatic heterocycles. The Morgan fingerprint density at radius 2 is 1.80 bits per heavy atom. The molecule has 1 unspecified atom stereocenters. The topological polar surface area (TPSA) is 118 Å². The van der Waals surface area contributed by atoms with Crippen LogP contribution in [0.5, 0.6) is 0 Å². The number of aromatic nitrogens is 2. The third kappa shape index (κ3) is 6.99. The van der Waals surface area contributed by atoms with Crippen molar-refractivity contribution in [2.75, 3.05) is 68.7 Å². The minimum Gasteiger partial charge on any atom is -0.379 e. The number of ether oxygens (including phenoxy) is 2. The number of hydrogen-bond acceptors (Lipinski definition) is 9. The van der Waals surface area contributed by atoms with Crippen molar-refractivity contribution in [3.63, 3.8) is 0 Å². The number of para-hydroxylation sites is 1. The number of carbonyl (C=O) groups excluding carboxylic acids is 1. The van der Waals surface area contributed by atoms with Gasteiger partial charge >= 0.3 is 0 Å². The molecule has 6 rings (SSSR count). The highest BCUT2D eigenvalue weighted by Gasteiger charge is 2.24. The molecule has 0 spiro atoms. The van der Waals surface area contributed by atoms with Crippen molar-refractivity contribution in [1.29, 1.82) is 0 Å². The first-order chi connectivity index (χ1) is 22.2. The van der Waals surface area contributed by atoms with Crippen molar-refractivity contribution >= 4 is 38.0 Å². The number of carbonyl (C=O) groups is 1. The van der Waals surface area contributed by atoms with Crippen molar-refractivity contribution in [2.45, 2.75) is 35.3 Å². The Morgan fingerprint density at radius 3 is 2.54 bits per heavy atom. The molecule has 3 aromatic carbocycles. The second-order valence-corrected chi connectivity index (χ2v) is 13.4. The molecular formula is C32H36F2N6O5S. The molecule has 0 aliphatic carbocycles. The van der Waals surface area contributed by atoms with E-state index in [2.05, 4.69) is 25.6 Å². The van der Waals surface area contributed by atoms with Crippen LogP contribution in [0.15, 0.2) is 70.6 Å². The molecule has 1 aromatic heterocycles. The van der Waals surface area contributed by atoms with Gasteiger partial charge in [-0.05, 0) is 61.7 Å². The molecule has 14 heteroatoms. The molecule has 0 radical (unpaired) electrons. The number of halogens is 2. The fraction of sp³-hybridized carbons (Fsp3) is 0.375. The molecule has 1 atom stereocenters. The fourth-order valence-corrected chi connectivity index (χ4v) is 7.03. The second kappa shape index (κ2) is 13.7. The number of nitrogens with one attached hydrogen (secondary N) is 2. The van der Waals surface area contributed by atoms with Crippen LogP contribution in [0.4, 0.5) is 20.2 Å². The molecule has 3 heterocycles. The summed E-state index contributed by atoms with van der Waals surface area (Å²) < 4.78 is 65.2. The van der Waals surface area contributed by atoms with Gasteiger partial charge in [0.05, 0.1) is 51.7 Å². The lowest BCUT2D eigenvalue weighted by Crippen LogP contribution is -2.41. The van der Waals surface area contributed by atoms with Gasteiger partial charge in [0, 0.05) is 51.3 Å². The molecule has 0 saturated carbocycles.